The minimum Gasteiger partial charge on any atom is -0.507 e. The molecule has 0 amide bonds. The smallest absolute Gasteiger partial charge is 0.149 e. The SMILES string of the molecule is Cc1cc(N[C@@H]2CCCN([C@H]3CCOC3)C2)nnc1-c1ccc(C2CC2)cc1O. The van der Waals surface area contributed by atoms with Crippen LogP contribution in [0, 0.1) is 6.92 Å². The Morgan fingerprint density at radius 2 is 2.03 bits per heavy atom. The summed E-state index contributed by atoms with van der Waals surface area (Å²) in [5, 5.41) is 23.0. The quantitative estimate of drug-likeness (QED) is 0.806. The number of hydrogen-bond donors (Lipinski definition) is 2. The van der Waals surface area contributed by atoms with Crippen LogP contribution in [0.2, 0.25) is 0 Å². The van der Waals surface area contributed by atoms with Crippen LogP contribution in [0.25, 0.3) is 11.3 Å². The van der Waals surface area contributed by atoms with Gasteiger partial charge in [-0.05, 0) is 80.8 Å². The number of rotatable bonds is 5. The van der Waals surface area contributed by atoms with Gasteiger partial charge in [0, 0.05) is 30.8 Å². The van der Waals surface area contributed by atoms with Gasteiger partial charge in [0.2, 0.25) is 0 Å². The number of phenolic OH excluding ortho intramolecular Hbond substituents is 1. The van der Waals surface area contributed by atoms with E-state index in [1.54, 1.807) is 0 Å². The van der Waals surface area contributed by atoms with Crippen LogP contribution in [0.1, 0.15) is 49.1 Å². The molecule has 3 aliphatic rings. The van der Waals surface area contributed by atoms with E-state index in [1.165, 1.54) is 24.8 Å². The van der Waals surface area contributed by atoms with Crippen LogP contribution in [0.15, 0.2) is 24.3 Å². The topological polar surface area (TPSA) is 70.5 Å². The zero-order valence-electron chi connectivity index (χ0n) is 17.1. The molecule has 0 radical (unpaired) electrons. The first-order valence-electron chi connectivity index (χ1n) is 10.9. The van der Waals surface area contributed by atoms with Gasteiger partial charge in [-0.1, -0.05) is 6.07 Å². The molecule has 0 spiro atoms. The highest BCUT2D eigenvalue weighted by atomic mass is 16.5. The van der Waals surface area contributed by atoms with Crippen molar-refractivity contribution in [1.29, 1.82) is 0 Å². The van der Waals surface area contributed by atoms with Gasteiger partial charge in [0.1, 0.15) is 11.6 Å². The molecule has 1 aromatic heterocycles. The van der Waals surface area contributed by atoms with E-state index in [-0.39, 0.29) is 0 Å². The van der Waals surface area contributed by atoms with E-state index in [2.05, 4.69) is 26.5 Å². The van der Waals surface area contributed by atoms with Gasteiger partial charge in [-0.25, -0.2) is 0 Å². The largest absolute Gasteiger partial charge is 0.507 e. The van der Waals surface area contributed by atoms with E-state index in [0.29, 0.717) is 23.8 Å². The Kier molecular flexibility index (Phi) is 5.14. The van der Waals surface area contributed by atoms with Crippen molar-refractivity contribution in [3.8, 4) is 17.0 Å². The van der Waals surface area contributed by atoms with E-state index >= 15 is 0 Å². The van der Waals surface area contributed by atoms with Crippen LogP contribution >= 0.6 is 0 Å². The summed E-state index contributed by atoms with van der Waals surface area (Å²) in [6, 6.07) is 8.99. The lowest BCUT2D eigenvalue weighted by Gasteiger charge is -2.36. The van der Waals surface area contributed by atoms with Gasteiger partial charge in [0.05, 0.1) is 12.3 Å². The summed E-state index contributed by atoms with van der Waals surface area (Å²) in [5.74, 6) is 1.74. The Morgan fingerprint density at radius 1 is 1.14 bits per heavy atom. The predicted molar refractivity (Wildman–Crippen MR) is 113 cm³/mol. The van der Waals surface area contributed by atoms with Crippen LogP contribution in [0.3, 0.4) is 0 Å². The van der Waals surface area contributed by atoms with Crippen LogP contribution < -0.4 is 5.32 Å². The second kappa shape index (κ2) is 7.92. The summed E-state index contributed by atoms with van der Waals surface area (Å²) >= 11 is 0. The lowest BCUT2D eigenvalue weighted by molar-refractivity contribution is 0.123. The first kappa shape index (κ1) is 18.8. The molecule has 0 bridgehead atoms. The fourth-order valence-electron chi connectivity index (χ4n) is 4.72. The maximum absolute atomic E-state index is 10.5. The van der Waals surface area contributed by atoms with Crippen LogP contribution in [0.5, 0.6) is 5.75 Å². The number of aromatic hydroxyl groups is 1. The number of benzene rings is 1. The molecule has 6 nitrogen and oxygen atoms in total. The lowest BCUT2D eigenvalue weighted by atomic mass is 10.0. The average Bonchev–Trinajstić information content (AvgIpc) is 3.43. The summed E-state index contributed by atoms with van der Waals surface area (Å²) in [6.45, 7) is 5.97. The summed E-state index contributed by atoms with van der Waals surface area (Å²) in [5.41, 5.74) is 3.76. The van der Waals surface area contributed by atoms with E-state index in [0.717, 1.165) is 61.8 Å². The summed E-state index contributed by atoms with van der Waals surface area (Å²) in [7, 11) is 0. The third-order valence-electron chi connectivity index (χ3n) is 6.54. The summed E-state index contributed by atoms with van der Waals surface area (Å²) in [6.07, 6.45) is 5.94. The third-order valence-corrected chi connectivity index (χ3v) is 6.54. The van der Waals surface area contributed by atoms with E-state index in [1.807, 2.05) is 25.1 Å². The molecule has 1 aromatic carbocycles. The maximum Gasteiger partial charge on any atom is 0.149 e. The standard InChI is InChI=1S/C23H30N4O2/c1-15-11-22(24-18-3-2-9-27(13-18)19-8-10-29-14-19)25-26-23(15)20-7-6-17(12-21(20)28)16-4-5-16/h6-7,11-12,16,18-19,28H,2-5,8-10,13-14H2,1H3,(H,24,25)/t18-,19+/m1/s1. The maximum atomic E-state index is 10.5. The fourth-order valence-corrected chi connectivity index (χ4v) is 4.72. The van der Waals surface area contributed by atoms with Crippen molar-refractivity contribution in [2.24, 2.45) is 0 Å². The molecule has 2 aromatic rings. The Labute approximate surface area is 172 Å². The van der Waals surface area contributed by atoms with Crippen LogP contribution in [0.4, 0.5) is 5.82 Å². The molecular formula is C23H30N4O2. The molecule has 1 aliphatic carbocycles. The fraction of sp³-hybridized carbons (Fsp3) is 0.565. The van der Waals surface area contributed by atoms with E-state index in [4.69, 9.17) is 4.74 Å². The van der Waals surface area contributed by atoms with Gasteiger partial charge in [-0.3, -0.25) is 4.90 Å². The van der Waals surface area contributed by atoms with Gasteiger partial charge in [0.15, 0.2) is 0 Å². The number of hydrogen-bond acceptors (Lipinski definition) is 6. The van der Waals surface area contributed by atoms with Crippen molar-refractivity contribution in [2.75, 3.05) is 31.6 Å². The van der Waals surface area contributed by atoms with Gasteiger partial charge >= 0.3 is 0 Å². The number of phenols is 1. The zero-order chi connectivity index (χ0) is 19.8. The molecule has 29 heavy (non-hydrogen) atoms. The highest BCUT2D eigenvalue weighted by Crippen LogP contribution is 2.43. The number of piperidine rings is 1. The summed E-state index contributed by atoms with van der Waals surface area (Å²) in [4.78, 5) is 2.56. The molecule has 2 aliphatic heterocycles. The van der Waals surface area contributed by atoms with Gasteiger partial charge in [-0.2, -0.15) is 0 Å². The second-order valence-electron chi connectivity index (χ2n) is 8.81. The van der Waals surface area contributed by atoms with Crippen molar-refractivity contribution in [3.05, 3.63) is 35.4 Å². The highest BCUT2D eigenvalue weighted by Gasteiger charge is 2.29. The molecule has 3 fully saturated rings. The van der Waals surface area contributed by atoms with Crippen LogP contribution in [-0.4, -0.2) is 58.6 Å². The molecule has 154 valence electrons. The molecule has 2 N–H and O–H groups in total. The minimum absolute atomic E-state index is 0.300. The lowest BCUT2D eigenvalue weighted by Crippen LogP contribution is -2.47. The first-order chi connectivity index (χ1) is 14.2. The van der Waals surface area contributed by atoms with Gasteiger partial charge in [0.25, 0.3) is 0 Å². The average molecular weight is 395 g/mol. The van der Waals surface area contributed by atoms with Crippen molar-refractivity contribution < 1.29 is 9.84 Å². The van der Waals surface area contributed by atoms with E-state index in [9.17, 15) is 5.11 Å². The van der Waals surface area contributed by atoms with Crippen molar-refractivity contribution >= 4 is 5.82 Å². The summed E-state index contributed by atoms with van der Waals surface area (Å²) < 4.78 is 5.56. The molecular weight excluding hydrogens is 364 g/mol. The van der Waals surface area contributed by atoms with Crippen molar-refractivity contribution in [3.63, 3.8) is 0 Å². The second-order valence-corrected chi connectivity index (χ2v) is 8.81. The third kappa shape index (κ3) is 4.09. The predicted octanol–water partition coefficient (Wildman–Crippen LogP) is 3.70. The zero-order valence-corrected chi connectivity index (χ0v) is 17.1. The number of nitrogens with zero attached hydrogens (tertiary/aromatic N) is 3. The molecule has 0 unspecified atom stereocenters. The number of ether oxygens (including phenoxy) is 1. The van der Waals surface area contributed by atoms with E-state index < -0.39 is 0 Å². The van der Waals surface area contributed by atoms with Gasteiger partial charge < -0.3 is 15.2 Å². The highest BCUT2D eigenvalue weighted by molar-refractivity contribution is 5.70. The molecule has 5 rings (SSSR count). The van der Waals surface area contributed by atoms with Crippen molar-refractivity contribution in [2.45, 2.75) is 57.0 Å². The minimum atomic E-state index is 0.300. The Morgan fingerprint density at radius 3 is 2.76 bits per heavy atom. The molecule has 2 saturated heterocycles. The Hall–Kier alpha value is -2.18. The molecule has 6 heteroatoms. The van der Waals surface area contributed by atoms with Gasteiger partial charge in [-0.15, -0.1) is 10.2 Å². The number of likely N-dealkylation sites (tertiary alicyclic amines) is 1. The monoisotopic (exact) mass is 394 g/mol. The molecule has 1 saturated carbocycles. The van der Waals surface area contributed by atoms with Crippen LogP contribution in [-0.2, 0) is 4.74 Å². The number of nitrogens with one attached hydrogen (secondary N) is 1. The first-order valence-corrected chi connectivity index (χ1v) is 10.9. The number of anilines is 1. The molecule has 2 atom stereocenters. The normalized spacial score (nSPS) is 25.3. The molecule has 3 heterocycles. The Balaban J connectivity index is 1.28. The number of aryl methyl sites for hydroxylation is 1. The number of aromatic nitrogens is 2. The Bertz CT molecular complexity index is 877. The van der Waals surface area contributed by atoms with Crippen molar-refractivity contribution in [1.82, 2.24) is 15.1 Å².